The Bertz CT molecular complexity index is 257. The fraction of sp³-hybridized carbons (Fsp3) is 0.750. The molecule has 2 aliphatic carbocycles. The van der Waals surface area contributed by atoms with Gasteiger partial charge in [-0.25, -0.2) is 0 Å². The van der Waals surface area contributed by atoms with Gasteiger partial charge in [0.05, 0.1) is 0 Å². The van der Waals surface area contributed by atoms with Crippen molar-refractivity contribution >= 4 is 5.78 Å². The van der Waals surface area contributed by atoms with Crippen LogP contribution in [0.15, 0.2) is 12.2 Å². The van der Waals surface area contributed by atoms with Gasteiger partial charge in [0.1, 0.15) is 5.78 Å². The van der Waals surface area contributed by atoms with E-state index >= 15 is 0 Å². The minimum absolute atomic E-state index is 0.146. The van der Waals surface area contributed by atoms with Crippen molar-refractivity contribution in [3.8, 4) is 0 Å². The first kappa shape index (κ1) is 8.98. The zero-order valence-electron chi connectivity index (χ0n) is 8.92. The number of Topliss-reactive ketones (excluding diaryl/α,β-unsaturated/α-hetero) is 1. The molecule has 0 aromatic carbocycles. The van der Waals surface area contributed by atoms with Crippen molar-refractivity contribution < 1.29 is 4.79 Å². The van der Waals surface area contributed by atoms with Crippen LogP contribution >= 0.6 is 0 Å². The van der Waals surface area contributed by atoms with Crippen molar-refractivity contribution in [1.82, 2.24) is 0 Å². The Kier molecular flexibility index (Phi) is 1.56. The second-order valence-electron chi connectivity index (χ2n) is 5.61. The first-order chi connectivity index (χ1) is 5.87. The van der Waals surface area contributed by atoms with Gasteiger partial charge in [-0.2, -0.15) is 0 Å². The van der Waals surface area contributed by atoms with Gasteiger partial charge in [0.15, 0.2) is 0 Å². The van der Waals surface area contributed by atoms with E-state index in [1.165, 1.54) is 6.42 Å². The van der Waals surface area contributed by atoms with E-state index in [2.05, 4.69) is 39.8 Å². The van der Waals surface area contributed by atoms with Crippen LogP contribution in [0.1, 0.15) is 34.1 Å². The molecular weight excluding hydrogens is 160 g/mol. The molecule has 0 amide bonds. The predicted molar refractivity (Wildman–Crippen MR) is 53.3 cm³/mol. The van der Waals surface area contributed by atoms with Gasteiger partial charge >= 0.3 is 0 Å². The molecule has 0 aromatic heterocycles. The van der Waals surface area contributed by atoms with E-state index in [9.17, 15) is 4.79 Å². The Hall–Kier alpha value is -0.590. The van der Waals surface area contributed by atoms with Gasteiger partial charge in [-0.1, -0.05) is 39.8 Å². The molecule has 0 saturated heterocycles. The number of hydrogen-bond donors (Lipinski definition) is 0. The van der Waals surface area contributed by atoms with Crippen molar-refractivity contribution in [3.63, 3.8) is 0 Å². The van der Waals surface area contributed by atoms with Crippen LogP contribution in [0.25, 0.3) is 0 Å². The van der Waals surface area contributed by atoms with Crippen LogP contribution in [0.3, 0.4) is 0 Å². The third-order valence-corrected chi connectivity index (χ3v) is 4.11. The molecule has 1 heteroatoms. The summed E-state index contributed by atoms with van der Waals surface area (Å²) < 4.78 is 0. The maximum absolute atomic E-state index is 12.2. The summed E-state index contributed by atoms with van der Waals surface area (Å²) in [6.07, 6.45) is 5.67. The Labute approximate surface area is 80.2 Å². The fourth-order valence-corrected chi connectivity index (χ4v) is 2.94. The maximum atomic E-state index is 12.2. The van der Waals surface area contributed by atoms with E-state index in [-0.39, 0.29) is 10.8 Å². The fourth-order valence-electron chi connectivity index (χ4n) is 2.94. The summed E-state index contributed by atoms with van der Waals surface area (Å²) in [5.41, 5.74) is -0.292. The van der Waals surface area contributed by atoms with Crippen molar-refractivity contribution in [2.75, 3.05) is 0 Å². The monoisotopic (exact) mass is 178 g/mol. The van der Waals surface area contributed by atoms with E-state index in [0.717, 1.165) is 0 Å². The lowest BCUT2D eigenvalue weighted by molar-refractivity contribution is -0.144. The molecule has 0 radical (unpaired) electrons. The third kappa shape index (κ3) is 0.962. The summed E-state index contributed by atoms with van der Waals surface area (Å²) in [7, 11) is 0. The number of carbonyl (C=O) groups is 1. The second kappa shape index (κ2) is 2.26. The van der Waals surface area contributed by atoms with Crippen LogP contribution in [-0.2, 0) is 4.79 Å². The number of rotatable bonds is 0. The number of fused-ring (bicyclic) bond motifs is 2. The van der Waals surface area contributed by atoms with E-state index in [1.807, 2.05) is 0 Å². The zero-order chi connectivity index (χ0) is 9.85. The maximum Gasteiger partial charge on any atom is 0.145 e. The highest BCUT2D eigenvalue weighted by atomic mass is 16.1. The first-order valence-electron chi connectivity index (χ1n) is 5.10. The Morgan fingerprint density at radius 1 is 1.08 bits per heavy atom. The van der Waals surface area contributed by atoms with Crippen LogP contribution in [0.4, 0.5) is 0 Å². The summed E-state index contributed by atoms with van der Waals surface area (Å²) in [6.45, 7) is 8.36. The summed E-state index contributed by atoms with van der Waals surface area (Å²) in [6, 6.07) is 0. The molecule has 0 unspecified atom stereocenters. The molecule has 0 heterocycles. The zero-order valence-corrected chi connectivity index (χ0v) is 8.92. The van der Waals surface area contributed by atoms with Gasteiger partial charge in [0.2, 0.25) is 0 Å². The normalized spacial score (nSPS) is 39.5. The smallest absolute Gasteiger partial charge is 0.145 e. The number of ketones is 1. The molecule has 1 nitrogen and oxygen atoms in total. The molecule has 0 spiro atoms. The highest BCUT2D eigenvalue weighted by Crippen LogP contribution is 2.53. The SMILES string of the molecule is CC1(C)C(=O)C(C)(C)[C@H]2C=C[C@@H]1C2. The van der Waals surface area contributed by atoms with E-state index in [4.69, 9.17) is 0 Å². The molecule has 2 bridgehead atoms. The third-order valence-electron chi connectivity index (χ3n) is 4.11. The summed E-state index contributed by atoms with van der Waals surface area (Å²) >= 11 is 0. The average molecular weight is 178 g/mol. The molecule has 1 saturated carbocycles. The number of carbonyl (C=O) groups excluding carboxylic acids is 1. The summed E-state index contributed by atoms with van der Waals surface area (Å²) in [4.78, 5) is 12.2. The minimum atomic E-state index is -0.146. The Morgan fingerprint density at radius 2 is 1.46 bits per heavy atom. The minimum Gasteiger partial charge on any atom is -0.298 e. The molecular formula is C12H18O. The Morgan fingerprint density at radius 3 is 1.85 bits per heavy atom. The second-order valence-corrected chi connectivity index (χ2v) is 5.61. The molecule has 0 aromatic rings. The van der Waals surface area contributed by atoms with E-state index in [1.54, 1.807) is 0 Å². The molecule has 0 N–H and O–H groups in total. The molecule has 2 atom stereocenters. The summed E-state index contributed by atoms with van der Waals surface area (Å²) in [5, 5.41) is 0. The quantitative estimate of drug-likeness (QED) is 0.521. The van der Waals surface area contributed by atoms with Crippen LogP contribution in [0.5, 0.6) is 0 Å². The van der Waals surface area contributed by atoms with Gasteiger partial charge in [0, 0.05) is 10.8 Å². The lowest BCUT2D eigenvalue weighted by atomic mass is 9.57. The molecule has 72 valence electrons. The van der Waals surface area contributed by atoms with E-state index < -0.39 is 0 Å². The molecule has 1 fully saturated rings. The standard InChI is InChI=1S/C12H18O/c1-11(2)8-5-6-9(7-8)12(3,4)10(11)13/h5-6,8-9H,7H2,1-4H3/t8-,9+. The Balaban J connectivity index is 2.47. The largest absolute Gasteiger partial charge is 0.298 e. The lowest BCUT2D eigenvalue weighted by Crippen LogP contribution is -2.48. The van der Waals surface area contributed by atoms with Crippen molar-refractivity contribution in [3.05, 3.63) is 12.2 Å². The van der Waals surface area contributed by atoms with E-state index in [0.29, 0.717) is 17.6 Å². The van der Waals surface area contributed by atoms with Crippen LogP contribution in [0, 0.1) is 22.7 Å². The van der Waals surface area contributed by atoms with Crippen molar-refractivity contribution in [1.29, 1.82) is 0 Å². The molecule has 2 rings (SSSR count). The van der Waals surface area contributed by atoms with Crippen molar-refractivity contribution in [2.24, 2.45) is 22.7 Å². The van der Waals surface area contributed by atoms with Crippen LogP contribution < -0.4 is 0 Å². The molecule has 13 heavy (non-hydrogen) atoms. The predicted octanol–water partition coefficient (Wildman–Crippen LogP) is 2.81. The van der Waals surface area contributed by atoms with Gasteiger partial charge in [-0.15, -0.1) is 0 Å². The first-order valence-corrected chi connectivity index (χ1v) is 5.10. The summed E-state index contributed by atoms with van der Waals surface area (Å²) in [5.74, 6) is 1.40. The van der Waals surface area contributed by atoms with Crippen LogP contribution in [-0.4, -0.2) is 5.78 Å². The highest BCUT2D eigenvalue weighted by Gasteiger charge is 2.53. The van der Waals surface area contributed by atoms with Gasteiger partial charge in [-0.3, -0.25) is 4.79 Å². The van der Waals surface area contributed by atoms with Gasteiger partial charge in [0.25, 0.3) is 0 Å². The highest BCUT2D eigenvalue weighted by molar-refractivity contribution is 5.91. The lowest BCUT2D eigenvalue weighted by Gasteiger charge is -2.44. The number of allylic oxidation sites excluding steroid dienone is 2. The van der Waals surface area contributed by atoms with Crippen LogP contribution in [0.2, 0.25) is 0 Å². The number of hydrogen-bond acceptors (Lipinski definition) is 1. The van der Waals surface area contributed by atoms with Crippen molar-refractivity contribution in [2.45, 2.75) is 34.1 Å². The van der Waals surface area contributed by atoms with Gasteiger partial charge in [-0.05, 0) is 18.3 Å². The average Bonchev–Trinajstić information content (AvgIpc) is 2.48. The topological polar surface area (TPSA) is 17.1 Å². The molecule has 0 aliphatic heterocycles. The van der Waals surface area contributed by atoms with Gasteiger partial charge < -0.3 is 0 Å². The molecule has 2 aliphatic rings.